The van der Waals surface area contributed by atoms with Crippen molar-refractivity contribution >= 4 is 22.6 Å². The molecule has 2 aromatic carbocycles. The average Bonchev–Trinajstić information content (AvgIpc) is 2.64. The van der Waals surface area contributed by atoms with Crippen molar-refractivity contribution in [2.45, 2.75) is 6.92 Å². The molecule has 2 N–H and O–H groups in total. The quantitative estimate of drug-likeness (QED) is 0.746. The Morgan fingerprint density at radius 1 is 1.08 bits per heavy atom. The fourth-order valence-electron chi connectivity index (χ4n) is 2.64. The number of hydrogen-bond donors (Lipinski definition) is 2. The van der Waals surface area contributed by atoms with E-state index in [4.69, 9.17) is 13.9 Å². The Morgan fingerprint density at radius 3 is 2.46 bits per heavy atom. The number of benzene rings is 2. The molecule has 3 aromatic rings. The van der Waals surface area contributed by atoms with E-state index < -0.39 is 11.2 Å². The number of methoxy groups -OCH3 is 2. The highest BCUT2D eigenvalue weighted by atomic mass is 16.5. The molecule has 134 valence electrons. The number of ether oxygens (including phenoxy) is 2. The predicted molar refractivity (Wildman–Crippen MR) is 97.0 cm³/mol. The summed E-state index contributed by atoms with van der Waals surface area (Å²) in [7, 11) is 3.00. The Bertz CT molecular complexity index is 1050. The van der Waals surface area contributed by atoms with Gasteiger partial charge in [-0.2, -0.15) is 0 Å². The molecule has 26 heavy (non-hydrogen) atoms. The summed E-state index contributed by atoms with van der Waals surface area (Å²) in [5, 5.41) is 13.1. The van der Waals surface area contributed by atoms with E-state index in [0.717, 1.165) is 0 Å². The van der Waals surface area contributed by atoms with Gasteiger partial charge in [0.2, 0.25) is 17.1 Å². The Hall–Kier alpha value is -3.48. The van der Waals surface area contributed by atoms with Gasteiger partial charge in [0.25, 0.3) is 0 Å². The molecule has 1 amide bonds. The topological polar surface area (TPSA) is 98.0 Å². The number of carbonyl (C=O) groups excluding carboxylic acids is 1. The summed E-state index contributed by atoms with van der Waals surface area (Å²) >= 11 is 0. The number of amides is 1. The number of anilines is 1. The van der Waals surface area contributed by atoms with E-state index in [-0.39, 0.29) is 22.6 Å². The highest BCUT2D eigenvalue weighted by molar-refractivity contribution is 5.92. The minimum Gasteiger partial charge on any atom is -0.502 e. The second-order valence-electron chi connectivity index (χ2n) is 5.57. The maximum Gasteiger partial charge on any atom is 0.235 e. The third-order valence-electron chi connectivity index (χ3n) is 3.83. The van der Waals surface area contributed by atoms with Crippen molar-refractivity contribution in [2.24, 2.45) is 0 Å². The lowest BCUT2D eigenvalue weighted by Gasteiger charge is -2.11. The maximum atomic E-state index is 12.6. The molecule has 0 aliphatic rings. The number of rotatable bonds is 4. The van der Waals surface area contributed by atoms with Crippen molar-refractivity contribution in [1.29, 1.82) is 0 Å². The lowest BCUT2D eigenvalue weighted by Crippen LogP contribution is -2.07. The van der Waals surface area contributed by atoms with Gasteiger partial charge < -0.3 is 24.3 Å². The molecule has 0 atom stereocenters. The van der Waals surface area contributed by atoms with Crippen LogP contribution >= 0.6 is 0 Å². The smallest absolute Gasteiger partial charge is 0.235 e. The lowest BCUT2D eigenvalue weighted by molar-refractivity contribution is -0.114. The van der Waals surface area contributed by atoms with E-state index in [9.17, 15) is 14.7 Å². The number of carbonyl (C=O) groups is 1. The van der Waals surface area contributed by atoms with Gasteiger partial charge in [-0.3, -0.25) is 9.59 Å². The van der Waals surface area contributed by atoms with Crippen molar-refractivity contribution < 1.29 is 23.8 Å². The second-order valence-corrected chi connectivity index (χ2v) is 5.57. The van der Waals surface area contributed by atoms with Crippen LogP contribution in [-0.4, -0.2) is 25.2 Å². The minimum atomic E-state index is -0.594. The summed E-state index contributed by atoms with van der Waals surface area (Å²) in [6.07, 6.45) is 0. The molecule has 3 rings (SSSR count). The normalized spacial score (nSPS) is 10.6. The van der Waals surface area contributed by atoms with Crippen LogP contribution in [0.3, 0.4) is 0 Å². The standard InChI is InChI=1S/C19H17NO6/c1-10(21)20-12-5-7-14-13(9-12)17(22)18(23)19(26-14)11-4-6-15(24-2)16(8-11)25-3/h4-9,23H,1-3H3,(H,20,21). The molecule has 0 radical (unpaired) electrons. The van der Waals surface area contributed by atoms with Gasteiger partial charge in [0.15, 0.2) is 17.3 Å². The Kier molecular flexibility index (Phi) is 4.53. The van der Waals surface area contributed by atoms with Crippen LogP contribution in [0.25, 0.3) is 22.3 Å². The molecule has 0 saturated carbocycles. The van der Waals surface area contributed by atoms with Crippen LogP contribution in [0.2, 0.25) is 0 Å². The number of hydrogen-bond acceptors (Lipinski definition) is 6. The summed E-state index contributed by atoms with van der Waals surface area (Å²) < 4.78 is 16.2. The molecular formula is C19H17NO6. The SMILES string of the molecule is COc1ccc(-c2oc3ccc(NC(C)=O)cc3c(=O)c2O)cc1OC. The first kappa shape index (κ1) is 17.3. The number of nitrogens with one attached hydrogen (secondary N) is 1. The van der Waals surface area contributed by atoms with E-state index in [1.54, 1.807) is 30.3 Å². The fourth-order valence-corrected chi connectivity index (χ4v) is 2.64. The molecule has 0 unspecified atom stereocenters. The largest absolute Gasteiger partial charge is 0.502 e. The minimum absolute atomic E-state index is 0.0238. The third-order valence-corrected chi connectivity index (χ3v) is 3.83. The van der Waals surface area contributed by atoms with Gasteiger partial charge in [-0.05, 0) is 36.4 Å². The van der Waals surface area contributed by atoms with Gasteiger partial charge >= 0.3 is 0 Å². The van der Waals surface area contributed by atoms with Crippen molar-refractivity contribution in [3.05, 3.63) is 46.6 Å². The Labute approximate surface area is 148 Å². The fraction of sp³-hybridized carbons (Fsp3) is 0.158. The third kappa shape index (κ3) is 3.06. The highest BCUT2D eigenvalue weighted by Crippen LogP contribution is 2.36. The predicted octanol–water partition coefficient (Wildman–Crippen LogP) is 3.14. The molecule has 0 saturated heterocycles. The van der Waals surface area contributed by atoms with Crippen molar-refractivity contribution in [1.82, 2.24) is 0 Å². The average molecular weight is 355 g/mol. The summed E-state index contributed by atoms with van der Waals surface area (Å²) in [4.78, 5) is 23.7. The molecule has 7 heteroatoms. The van der Waals surface area contributed by atoms with Crippen molar-refractivity contribution in [2.75, 3.05) is 19.5 Å². The lowest BCUT2D eigenvalue weighted by atomic mass is 10.1. The van der Waals surface area contributed by atoms with Crippen molar-refractivity contribution in [3.63, 3.8) is 0 Å². The molecule has 1 heterocycles. The number of fused-ring (bicyclic) bond motifs is 1. The maximum absolute atomic E-state index is 12.6. The molecule has 0 bridgehead atoms. The van der Waals surface area contributed by atoms with Crippen molar-refractivity contribution in [3.8, 4) is 28.6 Å². The van der Waals surface area contributed by atoms with Gasteiger partial charge in [-0.1, -0.05) is 0 Å². The van der Waals surface area contributed by atoms with Crippen LogP contribution in [0, 0.1) is 0 Å². The summed E-state index contributed by atoms with van der Waals surface area (Å²) in [6.45, 7) is 1.37. The van der Waals surface area contributed by atoms with Gasteiger partial charge in [-0.25, -0.2) is 0 Å². The first-order valence-corrected chi connectivity index (χ1v) is 7.74. The zero-order valence-electron chi connectivity index (χ0n) is 14.5. The van der Waals surface area contributed by atoms with E-state index in [0.29, 0.717) is 22.7 Å². The Balaban J connectivity index is 2.18. The van der Waals surface area contributed by atoms with Gasteiger partial charge in [0.1, 0.15) is 5.58 Å². The van der Waals surface area contributed by atoms with Crippen LogP contribution in [0.1, 0.15) is 6.92 Å². The molecule has 0 aliphatic carbocycles. The molecular weight excluding hydrogens is 338 g/mol. The summed E-state index contributed by atoms with van der Waals surface area (Å²) in [5.74, 6) is 0.187. The molecule has 0 fully saturated rings. The first-order chi connectivity index (χ1) is 12.4. The molecule has 0 aliphatic heterocycles. The Morgan fingerprint density at radius 2 is 1.81 bits per heavy atom. The van der Waals surface area contributed by atoms with E-state index in [2.05, 4.69) is 5.32 Å². The van der Waals surface area contributed by atoms with Crippen LogP contribution in [0.15, 0.2) is 45.6 Å². The van der Waals surface area contributed by atoms with E-state index in [1.807, 2.05) is 0 Å². The molecule has 7 nitrogen and oxygen atoms in total. The van der Waals surface area contributed by atoms with Gasteiger partial charge in [0.05, 0.1) is 19.6 Å². The van der Waals surface area contributed by atoms with E-state index >= 15 is 0 Å². The van der Waals surface area contributed by atoms with Crippen LogP contribution in [-0.2, 0) is 4.79 Å². The summed E-state index contributed by atoms with van der Waals surface area (Å²) in [5.41, 5.74) is 0.593. The van der Waals surface area contributed by atoms with Gasteiger partial charge in [0, 0.05) is 18.2 Å². The van der Waals surface area contributed by atoms with Crippen LogP contribution in [0.5, 0.6) is 17.2 Å². The highest BCUT2D eigenvalue weighted by Gasteiger charge is 2.17. The summed E-state index contributed by atoms with van der Waals surface area (Å²) in [6, 6.07) is 9.54. The zero-order chi connectivity index (χ0) is 18.8. The first-order valence-electron chi connectivity index (χ1n) is 7.74. The monoisotopic (exact) mass is 355 g/mol. The second kappa shape index (κ2) is 6.79. The van der Waals surface area contributed by atoms with Crippen LogP contribution < -0.4 is 20.2 Å². The van der Waals surface area contributed by atoms with Crippen LogP contribution in [0.4, 0.5) is 5.69 Å². The zero-order valence-corrected chi connectivity index (χ0v) is 14.5. The van der Waals surface area contributed by atoms with Gasteiger partial charge in [-0.15, -0.1) is 0 Å². The molecule has 0 spiro atoms. The number of aromatic hydroxyl groups is 1. The molecule has 1 aromatic heterocycles. The van der Waals surface area contributed by atoms with E-state index in [1.165, 1.54) is 27.2 Å².